The van der Waals surface area contributed by atoms with Gasteiger partial charge < -0.3 is 10.6 Å². The van der Waals surface area contributed by atoms with Crippen molar-refractivity contribution >= 4 is 11.6 Å². The van der Waals surface area contributed by atoms with Gasteiger partial charge in [0.25, 0.3) is 0 Å². The van der Waals surface area contributed by atoms with E-state index in [2.05, 4.69) is 53.7 Å². The molecule has 0 radical (unpaired) electrons. The third-order valence-electron chi connectivity index (χ3n) is 2.97. The van der Waals surface area contributed by atoms with Crippen LogP contribution in [0.25, 0.3) is 0 Å². The molecule has 1 aromatic carbocycles. The number of benzene rings is 1. The molecule has 2 rings (SSSR count). The molecule has 0 fully saturated rings. The first-order valence-electron chi connectivity index (χ1n) is 6.82. The van der Waals surface area contributed by atoms with E-state index in [9.17, 15) is 0 Å². The lowest BCUT2D eigenvalue weighted by molar-refractivity contribution is 0.873. The second-order valence-electron chi connectivity index (χ2n) is 4.61. The van der Waals surface area contributed by atoms with Crippen molar-refractivity contribution in [2.45, 2.75) is 26.3 Å². The van der Waals surface area contributed by atoms with Gasteiger partial charge in [-0.1, -0.05) is 43.3 Å². The molecule has 0 aliphatic carbocycles. The van der Waals surface area contributed by atoms with Crippen LogP contribution in [0.5, 0.6) is 0 Å². The van der Waals surface area contributed by atoms with Gasteiger partial charge in [-0.2, -0.15) is 0 Å². The Bertz CT molecular complexity index is 496. The number of hydrogen-bond donors (Lipinski definition) is 2. The summed E-state index contributed by atoms with van der Waals surface area (Å²) in [6.07, 6.45) is 1.10. The molecule has 0 amide bonds. The summed E-state index contributed by atoms with van der Waals surface area (Å²) in [5.41, 5.74) is 1.26. The number of aromatic nitrogens is 1. The van der Waals surface area contributed by atoms with Gasteiger partial charge in [-0.3, -0.25) is 0 Å². The lowest BCUT2D eigenvalue weighted by atomic mass is 10.1. The summed E-state index contributed by atoms with van der Waals surface area (Å²) < 4.78 is 0. The van der Waals surface area contributed by atoms with Gasteiger partial charge in [0.05, 0.1) is 0 Å². The summed E-state index contributed by atoms with van der Waals surface area (Å²) in [4.78, 5) is 4.55. The van der Waals surface area contributed by atoms with Crippen molar-refractivity contribution in [1.29, 1.82) is 0 Å². The first-order valence-corrected chi connectivity index (χ1v) is 6.82. The van der Waals surface area contributed by atoms with E-state index in [1.165, 1.54) is 5.56 Å². The molecule has 2 N–H and O–H groups in total. The highest BCUT2D eigenvalue weighted by Gasteiger charge is 2.05. The minimum Gasteiger partial charge on any atom is -0.370 e. The average Bonchev–Trinajstić information content (AvgIpc) is 2.46. The first kappa shape index (κ1) is 13.4. The van der Waals surface area contributed by atoms with Crippen LogP contribution in [-0.2, 0) is 0 Å². The lowest BCUT2D eigenvalue weighted by Crippen LogP contribution is -2.09. The fourth-order valence-corrected chi connectivity index (χ4v) is 1.91. The Balaban J connectivity index is 2.02. The Morgan fingerprint density at radius 2 is 1.74 bits per heavy atom. The second kappa shape index (κ2) is 6.78. The van der Waals surface area contributed by atoms with Crippen molar-refractivity contribution in [1.82, 2.24) is 4.98 Å². The largest absolute Gasteiger partial charge is 0.370 e. The minimum absolute atomic E-state index is 0.245. The third-order valence-corrected chi connectivity index (χ3v) is 2.97. The van der Waals surface area contributed by atoms with Crippen LogP contribution in [-0.4, -0.2) is 11.5 Å². The van der Waals surface area contributed by atoms with Crippen molar-refractivity contribution in [2.24, 2.45) is 0 Å². The molecule has 1 unspecified atom stereocenters. The molecular formula is C16H21N3. The molecule has 0 bridgehead atoms. The molecular weight excluding hydrogens is 234 g/mol. The van der Waals surface area contributed by atoms with Gasteiger partial charge in [0.15, 0.2) is 0 Å². The Labute approximate surface area is 115 Å². The lowest BCUT2D eigenvalue weighted by Gasteiger charge is -2.15. The highest BCUT2D eigenvalue weighted by molar-refractivity contribution is 5.46. The van der Waals surface area contributed by atoms with Crippen molar-refractivity contribution in [3.63, 3.8) is 0 Å². The number of pyridine rings is 1. The SMILES string of the molecule is CCCNc1cccc(NC(C)c2ccccc2)n1. The van der Waals surface area contributed by atoms with E-state index >= 15 is 0 Å². The first-order chi connectivity index (χ1) is 9.29. The zero-order valence-electron chi connectivity index (χ0n) is 11.6. The quantitative estimate of drug-likeness (QED) is 0.816. The maximum atomic E-state index is 4.55. The number of nitrogens with zero attached hydrogens (tertiary/aromatic N) is 1. The molecule has 19 heavy (non-hydrogen) atoms. The predicted molar refractivity (Wildman–Crippen MR) is 81.5 cm³/mol. The molecule has 0 aliphatic rings. The predicted octanol–water partition coefficient (Wildman–Crippen LogP) is 4.08. The number of nitrogens with one attached hydrogen (secondary N) is 2. The molecule has 3 nitrogen and oxygen atoms in total. The summed E-state index contributed by atoms with van der Waals surface area (Å²) in [5, 5.41) is 6.72. The Kier molecular flexibility index (Phi) is 4.78. The number of rotatable bonds is 6. The summed E-state index contributed by atoms with van der Waals surface area (Å²) in [6.45, 7) is 5.24. The molecule has 0 saturated heterocycles. The standard InChI is InChI=1S/C16H21N3/c1-3-12-17-15-10-7-11-16(19-15)18-13(2)14-8-5-4-6-9-14/h4-11,13H,3,12H2,1-2H3,(H2,17,18,19). The monoisotopic (exact) mass is 255 g/mol. The number of hydrogen-bond acceptors (Lipinski definition) is 3. The van der Waals surface area contributed by atoms with Crippen LogP contribution >= 0.6 is 0 Å². The van der Waals surface area contributed by atoms with Gasteiger partial charge in [-0.15, -0.1) is 0 Å². The van der Waals surface area contributed by atoms with Crippen LogP contribution in [0.1, 0.15) is 31.9 Å². The van der Waals surface area contributed by atoms with E-state index in [-0.39, 0.29) is 6.04 Å². The molecule has 1 aromatic heterocycles. The van der Waals surface area contributed by atoms with Gasteiger partial charge in [0, 0.05) is 12.6 Å². The fourth-order valence-electron chi connectivity index (χ4n) is 1.91. The van der Waals surface area contributed by atoms with Crippen molar-refractivity contribution in [3.05, 3.63) is 54.1 Å². The Hall–Kier alpha value is -2.03. The summed E-state index contributed by atoms with van der Waals surface area (Å²) >= 11 is 0. The molecule has 100 valence electrons. The molecule has 0 aliphatic heterocycles. The molecule has 0 saturated carbocycles. The van der Waals surface area contributed by atoms with E-state index in [4.69, 9.17) is 0 Å². The zero-order valence-corrected chi connectivity index (χ0v) is 11.6. The molecule has 3 heteroatoms. The van der Waals surface area contributed by atoms with Gasteiger partial charge in [0.1, 0.15) is 11.6 Å². The minimum atomic E-state index is 0.245. The molecule has 1 heterocycles. The molecule has 1 atom stereocenters. The van der Waals surface area contributed by atoms with Crippen LogP contribution in [0.2, 0.25) is 0 Å². The normalized spacial score (nSPS) is 11.9. The maximum Gasteiger partial charge on any atom is 0.128 e. The van der Waals surface area contributed by atoms with Crippen LogP contribution in [0.4, 0.5) is 11.6 Å². The van der Waals surface area contributed by atoms with Crippen molar-refractivity contribution < 1.29 is 0 Å². The van der Waals surface area contributed by atoms with Crippen molar-refractivity contribution in [3.8, 4) is 0 Å². The molecule has 0 spiro atoms. The van der Waals surface area contributed by atoms with E-state index in [0.29, 0.717) is 0 Å². The Morgan fingerprint density at radius 1 is 1.00 bits per heavy atom. The second-order valence-corrected chi connectivity index (χ2v) is 4.61. The average molecular weight is 255 g/mol. The third kappa shape index (κ3) is 3.98. The maximum absolute atomic E-state index is 4.55. The highest BCUT2D eigenvalue weighted by atomic mass is 15.1. The zero-order chi connectivity index (χ0) is 13.5. The van der Waals surface area contributed by atoms with E-state index in [1.54, 1.807) is 0 Å². The van der Waals surface area contributed by atoms with Crippen LogP contribution in [0, 0.1) is 0 Å². The Morgan fingerprint density at radius 3 is 2.47 bits per heavy atom. The van der Waals surface area contributed by atoms with Gasteiger partial charge >= 0.3 is 0 Å². The molecule has 2 aromatic rings. The highest BCUT2D eigenvalue weighted by Crippen LogP contribution is 2.18. The van der Waals surface area contributed by atoms with E-state index < -0.39 is 0 Å². The number of anilines is 2. The van der Waals surface area contributed by atoms with Crippen LogP contribution in [0.15, 0.2) is 48.5 Å². The smallest absolute Gasteiger partial charge is 0.128 e. The topological polar surface area (TPSA) is 37.0 Å². The van der Waals surface area contributed by atoms with Gasteiger partial charge in [0.2, 0.25) is 0 Å². The van der Waals surface area contributed by atoms with Gasteiger partial charge in [-0.25, -0.2) is 4.98 Å². The van der Waals surface area contributed by atoms with Gasteiger partial charge in [-0.05, 0) is 31.0 Å². The van der Waals surface area contributed by atoms with E-state index in [1.807, 2.05) is 24.3 Å². The summed E-state index contributed by atoms with van der Waals surface area (Å²) in [6, 6.07) is 16.6. The van der Waals surface area contributed by atoms with E-state index in [0.717, 1.165) is 24.6 Å². The van der Waals surface area contributed by atoms with Crippen molar-refractivity contribution in [2.75, 3.05) is 17.2 Å². The summed E-state index contributed by atoms with van der Waals surface area (Å²) in [7, 11) is 0. The summed E-state index contributed by atoms with van der Waals surface area (Å²) in [5.74, 6) is 1.82. The fraction of sp³-hybridized carbons (Fsp3) is 0.312. The van der Waals surface area contributed by atoms with Crippen LogP contribution in [0.3, 0.4) is 0 Å². The van der Waals surface area contributed by atoms with Crippen LogP contribution < -0.4 is 10.6 Å².